The van der Waals surface area contributed by atoms with E-state index in [4.69, 9.17) is 9.47 Å². The molecule has 6 heteroatoms. The summed E-state index contributed by atoms with van der Waals surface area (Å²) < 4.78 is 12.4. The molecule has 1 aromatic heterocycles. The summed E-state index contributed by atoms with van der Waals surface area (Å²) in [5, 5.41) is 0. The molecule has 28 heavy (non-hydrogen) atoms. The predicted octanol–water partition coefficient (Wildman–Crippen LogP) is 2.52. The van der Waals surface area contributed by atoms with Gasteiger partial charge in [0.05, 0.1) is 14.2 Å². The highest BCUT2D eigenvalue weighted by atomic mass is 16.5. The van der Waals surface area contributed by atoms with Gasteiger partial charge in [-0.3, -0.25) is 9.59 Å². The van der Waals surface area contributed by atoms with Gasteiger partial charge < -0.3 is 18.9 Å². The van der Waals surface area contributed by atoms with Crippen LogP contribution in [0.4, 0.5) is 0 Å². The minimum atomic E-state index is -0.00351. The largest absolute Gasteiger partial charge is 0.493 e. The van der Waals surface area contributed by atoms with Gasteiger partial charge in [-0.1, -0.05) is 12.1 Å². The van der Waals surface area contributed by atoms with Crippen LogP contribution >= 0.6 is 0 Å². The van der Waals surface area contributed by atoms with Crippen LogP contribution in [0.25, 0.3) is 6.08 Å². The Bertz CT molecular complexity index is 979. The van der Waals surface area contributed by atoms with Gasteiger partial charge in [0, 0.05) is 43.4 Å². The zero-order valence-corrected chi connectivity index (χ0v) is 16.1. The summed E-state index contributed by atoms with van der Waals surface area (Å²) in [6.07, 6.45) is 4.44. The maximum atomic E-state index is 12.8. The summed E-state index contributed by atoms with van der Waals surface area (Å²) >= 11 is 0. The van der Waals surface area contributed by atoms with E-state index in [0.29, 0.717) is 37.1 Å². The Hall–Kier alpha value is -3.02. The first-order chi connectivity index (χ1) is 13.6. The van der Waals surface area contributed by atoms with E-state index in [-0.39, 0.29) is 17.4 Å². The minimum absolute atomic E-state index is 0.00351. The molecule has 0 N–H and O–H groups in total. The van der Waals surface area contributed by atoms with E-state index in [9.17, 15) is 9.59 Å². The van der Waals surface area contributed by atoms with Crippen LogP contribution in [-0.2, 0) is 11.3 Å². The van der Waals surface area contributed by atoms with Gasteiger partial charge in [0.25, 0.3) is 5.56 Å². The number of likely N-dealkylation sites (tertiary alicyclic amines) is 1. The molecule has 146 valence electrons. The number of rotatable bonds is 4. The van der Waals surface area contributed by atoms with E-state index in [1.807, 2.05) is 39.8 Å². The number of carbonyl (C=O) groups excluding carboxylic acids is 1. The SMILES string of the molecule is COc1ccc(C=CC(=O)N2C[C@H]3C[C@H](C2)c2cccc(=O)n2C3)cc1OC. The van der Waals surface area contributed by atoms with E-state index in [0.717, 1.165) is 17.7 Å². The van der Waals surface area contributed by atoms with Gasteiger partial charge >= 0.3 is 0 Å². The van der Waals surface area contributed by atoms with Crippen LogP contribution in [0.15, 0.2) is 47.3 Å². The molecule has 1 fully saturated rings. The van der Waals surface area contributed by atoms with Crippen molar-refractivity contribution in [2.45, 2.75) is 18.9 Å². The molecule has 1 aromatic carbocycles. The number of ether oxygens (including phenoxy) is 2. The maximum absolute atomic E-state index is 12.8. The van der Waals surface area contributed by atoms with Crippen molar-refractivity contribution >= 4 is 12.0 Å². The summed E-state index contributed by atoms with van der Waals surface area (Å²) in [5.41, 5.74) is 1.98. The maximum Gasteiger partial charge on any atom is 0.250 e. The van der Waals surface area contributed by atoms with Gasteiger partial charge in [-0.15, -0.1) is 0 Å². The molecule has 2 atom stereocenters. The van der Waals surface area contributed by atoms with Crippen molar-refractivity contribution in [3.63, 3.8) is 0 Å². The van der Waals surface area contributed by atoms with Crippen LogP contribution in [0.5, 0.6) is 11.5 Å². The Kier molecular flexibility index (Phi) is 4.94. The molecule has 2 aliphatic rings. The summed E-state index contributed by atoms with van der Waals surface area (Å²) in [6.45, 7) is 2.02. The molecule has 2 aromatic rings. The van der Waals surface area contributed by atoms with Gasteiger partial charge in [0.1, 0.15) is 0 Å². The molecule has 4 rings (SSSR count). The minimum Gasteiger partial charge on any atom is -0.493 e. The highest BCUT2D eigenvalue weighted by Crippen LogP contribution is 2.35. The first-order valence-corrected chi connectivity index (χ1v) is 9.48. The predicted molar refractivity (Wildman–Crippen MR) is 107 cm³/mol. The van der Waals surface area contributed by atoms with Crippen LogP contribution in [0.3, 0.4) is 0 Å². The van der Waals surface area contributed by atoms with Crippen LogP contribution in [0.2, 0.25) is 0 Å². The zero-order chi connectivity index (χ0) is 19.7. The van der Waals surface area contributed by atoms with Gasteiger partial charge in [0.15, 0.2) is 11.5 Å². The topological polar surface area (TPSA) is 60.8 Å². The quantitative estimate of drug-likeness (QED) is 0.765. The van der Waals surface area contributed by atoms with Crippen molar-refractivity contribution in [1.82, 2.24) is 9.47 Å². The zero-order valence-electron chi connectivity index (χ0n) is 16.1. The van der Waals surface area contributed by atoms with Crippen LogP contribution in [0, 0.1) is 5.92 Å². The Morgan fingerprint density at radius 2 is 1.89 bits per heavy atom. The fourth-order valence-corrected chi connectivity index (χ4v) is 4.31. The molecule has 1 amide bonds. The van der Waals surface area contributed by atoms with Crippen molar-refractivity contribution < 1.29 is 14.3 Å². The second-order valence-corrected chi connectivity index (χ2v) is 7.39. The third-order valence-electron chi connectivity index (χ3n) is 5.62. The summed E-state index contributed by atoms with van der Waals surface area (Å²) in [5.74, 6) is 1.83. The van der Waals surface area contributed by atoms with Crippen molar-refractivity contribution in [1.29, 1.82) is 0 Å². The number of fused-ring (bicyclic) bond motifs is 4. The summed E-state index contributed by atoms with van der Waals surface area (Å²) in [7, 11) is 3.18. The monoisotopic (exact) mass is 380 g/mol. The van der Waals surface area contributed by atoms with E-state index in [2.05, 4.69) is 0 Å². The lowest BCUT2D eigenvalue weighted by atomic mass is 9.83. The normalized spacial score (nSPS) is 20.7. The van der Waals surface area contributed by atoms with E-state index in [1.165, 1.54) is 0 Å². The fourth-order valence-electron chi connectivity index (χ4n) is 4.31. The van der Waals surface area contributed by atoms with Crippen molar-refractivity contribution in [3.05, 3.63) is 64.1 Å². The smallest absolute Gasteiger partial charge is 0.250 e. The number of hydrogen-bond acceptors (Lipinski definition) is 4. The van der Waals surface area contributed by atoms with Gasteiger partial charge in [-0.2, -0.15) is 0 Å². The molecular formula is C22H24N2O4. The molecule has 0 aliphatic carbocycles. The number of methoxy groups -OCH3 is 2. The van der Waals surface area contributed by atoms with Crippen molar-refractivity contribution in [2.75, 3.05) is 27.3 Å². The Morgan fingerprint density at radius 3 is 2.68 bits per heavy atom. The van der Waals surface area contributed by atoms with Crippen LogP contribution in [-0.4, -0.2) is 42.7 Å². The molecule has 0 spiro atoms. The van der Waals surface area contributed by atoms with Crippen molar-refractivity contribution in [3.8, 4) is 11.5 Å². The lowest BCUT2D eigenvalue weighted by Crippen LogP contribution is -2.48. The molecule has 2 bridgehead atoms. The lowest BCUT2D eigenvalue weighted by Gasteiger charge is -2.42. The van der Waals surface area contributed by atoms with Gasteiger partial charge in [-0.05, 0) is 42.2 Å². The highest BCUT2D eigenvalue weighted by molar-refractivity contribution is 5.92. The highest BCUT2D eigenvalue weighted by Gasteiger charge is 2.35. The number of piperidine rings is 1. The first kappa shape index (κ1) is 18.3. The Balaban J connectivity index is 1.49. The number of nitrogens with zero attached hydrogens (tertiary/aromatic N) is 2. The summed E-state index contributed by atoms with van der Waals surface area (Å²) in [4.78, 5) is 26.8. The Morgan fingerprint density at radius 1 is 1.07 bits per heavy atom. The van der Waals surface area contributed by atoms with E-state index < -0.39 is 0 Å². The molecule has 0 unspecified atom stereocenters. The number of benzene rings is 1. The Labute approximate surface area is 164 Å². The number of carbonyl (C=O) groups is 1. The van der Waals surface area contributed by atoms with Gasteiger partial charge in [-0.25, -0.2) is 0 Å². The lowest BCUT2D eigenvalue weighted by molar-refractivity contribution is -0.128. The number of aromatic nitrogens is 1. The average Bonchev–Trinajstić information content (AvgIpc) is 2.72. The first-order valence-electron chi connectivity index (χ1n) is 9.48. The molecule has 0 saturated carbocycles. The molecule has 0 radical (unpaired) electrons. The average molecular weight is 380 g/mol. The van der Waals surface area contributed by atoms with E-state index in [1.54, 1.807) is 32.4 Å². The third kappa shape index (κ3) is 3.42. The van der Waals surface area contributed by atoms with Crippen LogP contribution in [0.1, 0.15) is 23.6 Å². The molecule has 6 nitrogen and oxygen atoms in total. The number of pyridine rings is 1. The molecular weight excluding hydrogens is 356 g/mol. The van der Waals surface area contributed by atoms with E-state index >= 15 is 0 Å². The molecule has 3 heterocycles. The standard InChI is InChI=1S/C22H24N2O4/c1-27-19-8-6-15(11-20(19)28-2)7-9-21(25)23-12-16-10-17(14-23)18-4-3-5-22(26)24(18)13-16/h3-9,11,16-17H,10,12-14H2,1-2H3/t16-,17-/m1/s1. The third-order valence-corrected chi connectivity index (χ3v) is 5.62. The fraction of sp³-hybridized carbons (Fsp3) is 0.364. The number of hydrogen-bond donors (Lipinski definition) is 0. The van der Waals surface area contributed by atoms with Crippen molar-refractivity contribution in [2.24, 2.45) is 5.92 Å². The summed E-state index contributed by atoms with van der Waals surface area (Å²) in [6, 6.07) is 11.0. The second-order valence-electron chi connectivity index (χ2n) is 7.39. The number of amides is 1. The van der Waals surface area contributed by atoms with Gasteiger partial charge in [0.2, 0.25) is 5.91 Å². The van der Waals surface area contributed by atoms with Crippen LogP contribution < -0.4 is 15.0 Å². The molecule has 1 saturated heterocycles. The second kappa shape index (κ2) is 7.54. The molecule has 2 aliphatic heterocycles.